The quantitative estimate of drug-likeness (QED) is 0.210. The number of halogens is 5. The third kappa shape index (κ3) is 7.60. The number of hydrogen-bond acceptors (Lipinski definition) is 10. The average molecular weight is 764 g/mol. The summed E-state index contributed by atoms with van der Waals surface area (Å²) in [5.74, 6) is -1.88. The molecule has 2 aromatic heterocycles. The van der Waals surface area contributed by atoms with E-state index in [1.54, 1.807) is 23.1 Å². The topological polar surface area (TPSA) is 135 Å². The fourth-order valence-corrected chi connectivity index (χ4v) is 8.41. The average Bonchev–Trinajstić information content (AvgIpc) is 3.50. The third-order valence-electron chi connectivity index (χ3n) is 9.61. The van der Waals surface area contributed by atoms with E-state index in [2.05, 4.69) is 19.9 Å². The molecule has 52 heavy (non-hydrogen) atoms. The number of fused-ring (bicyclic) bond motifs is 1. The first-order valence-electron chi connectivity index (χ1n) is 16.7. The molecular formula is C35H38ClF4N7O4S. The predicted octanol–water partition coefficient (Wildman–Crippen LogP) is 5.77. The number of aromatic nitrogens is 3. The first kappa shape index (κ1) is 37.5. The molecule has 2 atom stereocenters. The molecule has 2 saturated heterocycles. The number of likely N-dealkylation sites (tertiary alicyclic amines) is 1. The number of benzene rings is 2. The molecule has 11 nitrogen and oxygen atoms in total. The lowest BCUT2D eigenvalue weighted by Crippen LogP contribution is -2.54. The van der Waals surface area contributed by atoms with Crippen LogP contribution in [0, 0.1) is 12.7 Å². The van der Waals surface area contributed by atoms with Crippen LogP contribution in [-0.4, -0.2) is 96.7 Å². The van der Waals surface area contributed by atoms with Gasteiger partial charge in [-0.15, -0.1) is 0 Å². The number of piperazine rings is 1. The molecule has 2 aliphatic heterocycles. The summed E-state index contributed by atoms with van der Waals surface area (Å²) in [4.78, 5) is 31.7. The van der Waals surface area contributed by atoms with E-state index in [1.807, 2.05) is 18.9 Å². The van der Waals surface area contributed by atoms with E-state index in [4.69, 9.17) is 22.1 Å². The highest BCUT2D eigenvalue weighted by Crippen LogP contribution is 2.45. The summed E-state index contributed by atoms with van der Waals surface area (Å²) >= 11 is 6.60. The van der Waals surface area contributed by atoms with Gasteiger partial charge in [0.2, 0.25) is 5.91 Å². The number of hydrogen-bond donors (Lipinski definition) is 1. The molecular weight excluding hydrogens is 726 g/mol. The summed E-state index contributed by atoms with van der Waals surface area (Å²) in [5, 5.41) is -0.244. The van der Waals surface area contributed by atoms with E-state index in [1.165, 1.54) is 25.1 Å². The molecule has 2 fully saturated rings. The summed E-state index contributed by atoms with van der Waals surface area (Å²) < 4.78 is 91.3. The Morgan fingerprint density at radius 2 is 1.83 bits per heavy atom. The zero-order valence-corrected chi connectivity index (χ0v) is 30.3. The predicted molar refractivity (Wildman–Crippen MR) is 190 cm³/mol. The lowest BCUT2D eigenvalue weighted by Gasteiger charge is -2.41. The maximum atomic E-state index is 16.7. The van der Waals surface area contributed by atoms with Crippen LogP contribution in [0.4, 0.5) is 29.2 Å². The number of carbonyl (C=O) groups is 1. The van der Waals surface area contributed by atoms with Gasteiger partial charge in [0.25, 0.3) is 0 Å². The van der Waals surface area contributed by atoms with E-state index < -0.39 is 44.7 Å². The molecule has 2 aliphatic rings. The SMILES string of the molecule is Cc1cc(N)nc(-c2c(Cl)cc3c(N4CCN(C(=O)CCS(=O)(=O)c5ccccc5)C[C@@H]4C)nc(OC[C@@H]4CCCN4C)nc3c2F)c1C(F)(F)F. The third-order valence-corrected chi connectivity index (χ3v) is 11.6. The smallest absolute Gasteiger partial charge is 0.418 e. The van der Waals surface area contributed by atoms with Gasteiger partial charge in [-0.2, -0.15) is 23.1 Å². The van der Waals surface area contributed by atoms with Crippen LogP contribution in [0.2, 0.25) is 5.02 Å². The summed E-state index contributed by atoms with van der Waals surface area (Å²) in [6.45, 7) is 4.70. The minimum absolute atomic E-state index is 0.0568. The van der Waals surface area contributed by atoms with E-state index in [-0.39, 0.29) is 94.4 Å². The Balaban J connectivity index is 1.35. The van der Waals surface area contributed by atoms with E-state index in [9.17, 15) is 26.4 Å². The van der Waals surface area contributed by atoms with Crippen molar-refractivity contribution in [3.8, 4) is 17.3 Å². The lowest BCUT2D eigenvalue weighted by molar-refractivity contribution is -0.137. The number of rotatable bonds is 9. The molecule has 6 rings (SSSR count). The van der Waals surface area contributed by atoms with Crippen molar-refractivity contribution in [1.82, 2.24) is 24.8 Å². The monoisotopic (exact) mass is 763 g/mol. The molecule has 0 saturated carbocycles. The van der Waals surface area contributed by atoms with Gasteiger partial charge in [0.1, 0.15) is 23.8 Å². The molecule has 0 unspecified atom stereocenters. The second-order valence-electron chi connectivity index (χ2n) is 13.2. The first-order valence-corrected chi connectivity index (χ1v) is 18.8. The number of likely N-dealkylation sites (N-methyl/N-ethyl adjacent to an activating group) is 1. The second-order valence-corrected chi connectivity index (χ2v) is 15.7. The number of nitrogens with zero attached hydrogens (tertiary/aromatic N) is 6. The standard InChI is InChI=1S/C35H38ClF4N7O4S/c1-20-16-26(41)42-32(29(20)35(38,39)40)28-25(36)17-24-31(30(28)37)43-34(51-19-22-8-7-12-45(22)3)44-33(24)47-14-13-46(18-21(47)2)27(48)11-15-52(49,50)23-9-5-4-6-10-23/h4-6,9-10,16-17,21-22H,7-8,11-15,18-19H2,1-3H3,(H2,41,42)/t21-,22-/m0/s1. The van der Waals surface area contributed by atoms with E-state index in [0.717, 1.165) is 25.5 Å². The maximum Gasteiger partial charge on any atom is 0.418 e. The van der Waals surface area contributed by atoms with Crippen LogP contribution in [0.3, 0.4) is 0 Å². The molecule has 0 spiro atoms. The highest BCUT2D eigenvalue weighted by molar-refractivity contribution is 7.91. The number of aryl methyl sites for hydroxylation is 1. The van der Waals surface area contributed by atoms with Gasteiger partial charge in [-0.3, -0.25) is 4.79 Å². The minimum atomic E-state index is -4.90. The zero-order chi connectivity index (χ0) is 37.5. The summed E-state index contributed by atoms with van der Waals surface area (Å²) in [7, 11) is -1.71. The fourth-order valence-electron chi connectivity index (χ4n) is 6.88. The van der Waals surface area contributed by atoms with Crippen LogP contribution >= 0.6 is 11.6 Å². The number of sulfone groups is 1. The van der Waals surface area contributed by atoms with Crippen molar-refractivity contribution in [1.29, 1.82) is 0 Å². The second kappa shape index (κ2) is 14.6. The van der Waals surface area contributed by atoms with Gasteiger partial charge in [0.15, 0.2) is 15.7 Å². The normalized spacial score (nSPS) is 18.7. The number of anilines is 2. The fraction of sp³-hybridized carbons (Fsp3) is 0.429. The molecule has 278 valence electrons. The minimum Gasteiger partial charge on any atom is -0.462 e. The van der Waals surface area contributed by atoms with Gasteiger partial charge in [-0.25, -0.2) is 17.8 Å². The largest absolute Gasteiger partial charge is 0.462 e. The van der Waals surface area contributed by atoms with Crippen LogP contribution in [0.1, 0.15) is 37.3 Å². The van der Waals surface area contributed by atoms with Crippen molar-refractivity contribution in [3.05, 3.63) is 64.4 Å². The Hall–Kier alpha value is -4.28. The van der Waals surface area contributed by atoms with Gasteiger partial charge in [-0.05, 0) is 70.1 Å². The summed E-state index contributed by atoms with van der Waals surface area (Å²) in [5.41, 5.74) is 2.70. The highest BCUT2D eigenvalue weighted by atomic mass is 35.5. The highest BCUT2D eigenvalue weighted by Gasteiger charge is 2.39. The van der Waals surface area contributed by atoms with Crippen molar-refractivity contribution in [2.24, 2.45) is 0 Å². The number of pyridine rings is 1. The Morgan fingerprint density at radius 3 is 2.48 bits per heavy atom. The summed E-state index contributed by atoms with van der Waals surface area (Å²) in [6, 6.07) is 9.73. The number of amides is 1. The van der Waals surface area contributed by atoms with Crippen molar-refractivity contribution in [2.45, 2.75) is 56.3 Å². The molecule has 0 bridgehead atoms. The van der Waals surface area contributed by atoms with Crippen LogP contribution in [0.15, 0.2) is 47.4 Å². The number of nitrogen functional groups attached to an aromatic ring is 1. The number of carbonyl (C=O) groups excluding carboxylic acids is 1. The molecule has 0 aliphatic carbocycles. The molecule has 17 heteroatoms. The number of nitrogens with two attached hydrogens (primary N) is 1. The van der Waals surface area contributed by atoms with Gasteiger partial charge < -0.3 is 25.2 Å². The molecule has 2 N–H and O–H groups in total. The van der Waals surface area contributed by atoms with Crippen molar-refractivity contribution < 1.29 is 35.5 Å². The van der Waals surface area contributed by atoms with Crippen LogP contribution < -0.4 is 15.4 Å². The zero-order valence-electron chi connectivity index (χ0n) is 28.8. The van der Waals surface area contributed by atoms with E-state index >= 15 is 4.39 Å². The van der Waals surface area contributed by atoms with Gasteiger partial charge in [-0.1, -0.05) is 29.8 Å². The maximum absolute atomic E-state index is 16.7. The van der Waals surface area contributed by atoms with Crippen LogP contribution in [-0.2, 0) is 20.8 Å². The van der Waals surface area contributed by atoms with Crippen molar-refractivity contribution in [3.63, 3.8) is 0 Å². The van der Waals surface area contributed by atoms with Gasteiger partial charge in [0, 0.05) is 43.5 Å². The van der Waals surface area contributed by atoms with Crippen LogP contribution in [0.5, 0.6) is 6.01 Å². The Kier molecular flexibility index (Phi) is 10.5. The molecule has 4 heterocycles. The molecule has 4 aromatic rings. The Labute approximate surface area is 303 Å². The van der Waals surface area contributed by atoms with Crippen molar-refractivity contribution >= 4 is 49.9 Å². The van der Waals surface area contributed by atoms with Crippen molar-refractivity contribution in [2.75, 3.05) is 56.2 Å². The Bertz CT molecular complexity index is 2110. The molecule has 1 amide bonds. The van der Waals surface area contributed by atoms with Crippen LogP contribution in [0.25, 0.3) is 22.2 Å². The summed E-state index contributed by atoms with van der Waals surface area (Å²) in [6.07, 6.45) is -3.28. The van der Waals surface area contributed by atoms with Gasteiger partial charge >= 0.3 is 12.2 Å². The van der Waals surface area contributed by atoms with E-state index in [0.29, 0.717) is 0 Å². The first-order chi connectivity index (χ1) is 24.5. The lowest BCUT2D eigenvalue weighted by atomic mass is 9.99. The Morgan fingerprint density at radius 1 is 1.10 bits per heavy atom. The number of alkyl halides is 3. The number of ether oxygens (including phenoxy) is 1. The van der Waals surface area contributed by atoms with Gasteiger partial charge in [0.05, 0.1) is 32.5 Å². The molecule has 2 aromatic carbocycles. The molecule has 0 radical (unpaired) electrons.